The van der Waals surface area contributed by atoms with Gasteiger partial charge in [-0.15, -0.1) is 0 Å². The van der Waals surface area contributed by atoms with Crippen molar-refractivity contribution < 1.29 is 9.18 Å². The second-order valence-corrected chi connectivity index (χ2v) is 7.73. The first-order valence-corrected chi connectivity index (χ1v) is 9.27. The number of hydrogen-bond acceptors (Lipinski definition) is 4. The summed E-state index contributed by atoms with van der Waals surface area (Å²) < 4.78 is 14.8. The van der Waals surface area contributed by atoms with Crippen LogP contribution in [0.2, 0.25) is 0 Å². The average Bonchev–Trinajstić information content (AvgIpc) is 2.99. The van der Waals surface area contributed by atoms with Gasteiger partial charge < -0.3 is 4.90 Å². The molecule has 6 heteroatoms. The molecular weight excluding hydrogens is 349 g/mol. The zero-order valence-electron chi connectivity index (χ0n) is 15.4. The molecule has 3 rings (SSSR count). The number of carbonyl (C=O) groups is 1. The molecule has 1 aromatic heterocycles. The quantitative estimate of drug-likeness (QED) is 0.672. The molecule has 0 aliphatic heterocycles. The lowest BCUT2D eigenvalue weighted by molar-refractivity contribution is 0.0985. The van der Waals surface area contributed by atoms with E-state index in [0.717, 1.165) is 15.8 Å². The summed E-state index contributed by atoms with van der Waals surface area (Å²) in [5.74, 6) is -0.477. The molecule has 1 amide bonds. The third kappa shape index (κ3) is 3.92. The molecule has 0 unspecified atom stereocenters. The van der Waals surface area contributed by atoms with Crippen LogP contribution in [0, 0.1) is 19.7 Å². The van der Waals surface area contributed by atoms with Crippen molar-refractivity contribution in [2.24, 2.45) is 0 Å². The van der Waals surface area contributed by atoms with Crippen molar-refractivity contribution in [2.45, 2.75) is 13.8 Å². The summed E-state index contributed by atoms with van der Waals surface area (Å²) in [7, 11) is 3.91. The van der Waals surface area contributed by atoms with Crippen molar-refractivity contribution in [3.63, 3.8) is 0 Å². The van der Waals surface area contributed by atoms with Crippen molar-refractivity contribution in [2.75, 3.05) is 32.1 Å². The molecule has 136 valence electrons. The van der Waals surface area contributed by atoms with E-state index in [-0.39, 0.29) is 11.7 Å². The van der Waals surface area contributed by atoms with Gasteiger partial charge in [-0.25, -0.2) is 9.37 Å². The van der Waals surface area contributed by atoms with Crippen LogP contribution >= 0.6 is 11.3 Å². The van der Waals surface area contributed by atoms with Crippen LogP contribution in [0.4, 0.5) is 9.52 Å². The molecule has 0 N–H and O–H groups in total. The standard InChI is InChI=1S/C20H22FN3OS/c1-13-10-14(2)12-15(11-13)19(25)24(9-8-23(3)4)20-22-18-16(21)6-5-7-17(18)26-20/h5-7,10-12H,8-9H2,1-4H3. The normalized spacial score (nSPS) is 11.3. The smallest absolute Gasteiger partial charge is 0.260 e. The number of carbonyl (C=O) groups excluding carboxylic acids is 1. The third-order valence-electron chi connectivity index (χ3n) is 4.07. The molecule has 3 aromatic rings. The van der Waals surface area contributed by atoms with Gasteiger partial charge in [-0.1, -0.05) is 34.6 Å². The summed E-state index contributed by atoms with van der Waals surface area (Å²) in [6.07, 6.45) is 0. The van der Waals surface area contributed by atoms with Crippen LogP contribution in [0.1, 0.15) is 21.5 Å². The lowest BCUT2D eigenvalue weighted by Gasteiger charge is -2.22. The van der Waals surface area contributed by atoms with E-state index in [1.165, 1.54) is 17.4 Å². The molecule has 0 saturated carbocycles. The van der Waals surface area contributed by atoms with E-state index in [4.69, 9.17) is 0 Å². The summed E-state index contributed by atoms with van der Waals surface area (Å²) in [6.45, 7) is 5.12. The van der Waals surface area contributed by atoms with E-state index in [2.05, 4.69) is 4.98 Å². The van der Waals surface area contributed by atoms with Crippen molar-refractivity contribution >= 4 is 32.6 Å². The predicted octanol–water partition coefficient (Wildman–Crippen LogP) is 4.26. The zero-order valence-corrected chi connectivity index (χ0v) is 16.2. The summed E-state index contributed by atoms with van der Waals surface area (Å²) in [5.41, 5.74) is 3.02. The van der Waals surface area contributed by atoms with Crippen molar-refractivity contribution in [1.82, 2.24) is 9.88 Å². The second-order valence-electron chi connectivity index (χ2n) is 6.72. The van der Waals surface area contributed by atoms with Gasteiger partial charge in [-0.2, -0.15) is 0 Å². The first-order valence-electron chi connectivity index (χ1n) is 8.45. The third-order valence-corrected chi connectivity index (χ3v) is 5.12. The SMILES string of the molecule is Cc1cc(C)cc(C(=O)N(CCN(C)C)c2nc3c(F)cccc3s2)c1. The largest absolute Gasteiger partial charge is 0.308 e. The molecular formula is C20H22FN3OS. The minimum absolute atomic E-state index is 0.113. The predicted molar refractivity (Wildman–Crippen MR) is 106 cm³/mol. The van der Waals surface area contributed by atoms with E-state index >= 15 is 0 Å². The van der Waals surface area contributed by atoms with Gasteiger partial charge in [0.25, 0.3) is 5.91 Å². The number of amides is 1. The Morgan fingerprint density at radius 1 is 1.12 bits per heavy atom. The fourth-order valence-electron chi connectivity index (χ4n) is 2.86. The maximum atomic E-state index is 14.0. The lowest BCUT2D eigenvalue weighted by atomic mass is 10.1. The Morgan fingerprint density at radius 3 is 2.42 bits per heavy atom. The van der Waals surface area contributed by atoms with Crippen molar-refractivity contribution in [3.8, 4) is 0 Å². The number of aromatic nitrogens is 1. The summed E-state index contributed by atoms with van der Waals surface area (Å²) in [5, 5.41) is 0.524. The van der Waals surface area contributed by atoms with Crippen LogP contribution in [-0.2, 0) is 0 Å². The molecule has 1 heterocycles. The molecule has 0 aliphatic rings. The molecule has 0 radical (unpaired) electrons. The molecule has 0 aliphatic carbocycles. The molecule has 0 bridgehead atoms. The van der Waals surface area contributed by atoms with Gasteiger partial charge in [0.2, 0.25) is 0 Å². The number of anilines is 1. The molecule has 0 atom stereocenters. The minimum Gasteiger partial charge on any atom is -0.308 e. The van der Waals surface area contributed by atoms with E-state index in [0.29, 0.717) is 29.3 Å². The van der Waals surface area contributed by atoms with Gasteiger partial charge in [-0.05, 0) is 52.2 Å². The second kappa shape index (κ2) is 7.51. The van der Waals surface area contributed by atoms with E-state index < -0.39 is 0 Å². The summed E-state index contributed by atoms with van der Waals surface area (Å²) in [6, 6.07) is 10.7. The van der Waals surface area contributed by atoms with Crippen LogP contribution in [-0.4, -0.2) is 43.0 Å². The zero-order chi connectivity index (χ0) is 18.8. The highest BCUT2D eigenvalue weighted by atomic mass is 32.1. The first kappa shape index (κ1) is 18.5. The highest BCUT2D eigenvalue weighted by Crippen LogP contribution is 2.31. The average molecular weight is 371 g/mol. The molecule has 0 fully saturated rings. The Labute approximate surface area is 156 Å². The maximum Gasteiger partial charge on any atom is 0.260 e. The topological polar surface area (TPSA) is 36.4 Å². The van der Waals surface area contributed by atoms with Gasteiger partial charge in [0.05, 0.1) is 4.70 Å². The number of likely N-dealkylation sites (N-methyl/N-ethyl adjacent to an activating group) is 1. The van der Waals surface area contributed by atoms with Crippen LogP contribution in [0.25, 0.3) is 10.2 Å². The van der Waals surface area contributed by atoms with Crippen molar-refractivity contribution in [3.05, 3.63) is 58.9 Å². The number of nitrogens with zero attached hydrogens (tertiary/aromatic N) is 3. The number of para-hydroxylation sites is 1. The van der Waals surface area contributed by atoms with Crippen LogP contribution in [0.3, 0.4) is 0 Å². The highest BCUT2D eigenvalue weighted by Gasteiger charge is 2.22. The van der Waals surface area contributed by atoms with Crippen LogP contribution < -0.4 is 4.90 Å². The van der Waals surface area contributed by atoms with Crippen LogP contribution in [0.5, 0.6) is 0 Å². The van der Waals surface area contributed by atoms with E-state index in [1.807, 2.05) is 57.1 Å². The van der Waals surface area contributed by atoms with Gasteiger partial charge in [0.15, 0.2) is 5.13 Å². The number of fused-ring (bicyclic) bond motifs is 1. The molecule has 0 saturated heterocycles. The number of rotatable bonds is 5. The number of halogens is 1. The molecule has 2 aromatic carbocycles. The Hall–Kier alpha value is -2.31. The summed E-state index contributed by atoms with van der Waals surface area (Å²) in [4.78, 5) is 21.3. The maximum absolute atomic E-state index is 14.0. The van der Waals surface area contributed by atoms with Crippen molar-refractivity contribution in [1.29, 1.82) is 0 Å². The highest BCUT2D eigenvalue weighted by molar-refractivity contribution is 7.22. The number of aryl methyl sites for hydroxylation is 2. The van der Waals surface area contributed by atoms with Gasteiger partial charge in [0.1, 0.15) is 11.3 Å². The first-order chi connectivity index (χ1) is 12.3. The molecule has 0 spiro atoms. The fraction of sp³-hybridized carbons (Fsp3) is 0.300. The monoisotopic (exact) mass is 371 g/mol. The van der Waals surface area contributed by atoms with Gasteiger partial charge in [-0.3, -0.25) is 9.69 Å². The Bertz CT molecular complexity index is 931. The number of benzene rings is 2. The minimum atomic E-state index is -0.364. The number of thiazole rings is 1. The van der Waals surface area contributed by atoms with Crippen LogP contribution in [0.15, 0.2) is 36.4 Å². The fourth-order valence-corrected chi connectivity index (χ4v) is 3.86. The lowest BCUT2D eigenvalue weighted by Crippen LogP contribution is -2.36. The number of hydrogen-bond donors (Lipinski definition) is 0. The van der Waals surface area contributed by atoms with Gasteiger partial charge >= 0.3 is 0 Å². The van der Waals surface area contributed by atoms with E-state index in [9.17, 15) is 9.18 Å². The molecule has 4 nitrogen and oxygen atoms in total. The Kier molecular flexibility index (Phi) is 5.34. The molecule has 26 heavy (non-hydrogen) atoms. The van der Waals surface area contributed by atoms with E-state index in [1.54, 1.807) is 11.0 Å². The van der Waals surface area contributed by atoms with Gasteiger partial charge in [0, 0.05) is 18.7 Å². The Morgan fingerprint density at radius 2 is 1.81 bits per heavy atom. The summed E-state index contributed by atoms with van der Waals surface area (Å²) >= 11 is 1.34. The Balaban J connectivity index is 2.03.